The highest BCUT2D eigenvalue weighted by Crippen LogP contribution is 2.22. The number of aromatic nitrogens is 1. The van der Waals surface area contributed by atoms with Crippen LogP contribution in [0, 0.1) is 11.8 Å². The first-order valence-electron chi connectivity index (χ1n) is 9.29. The van der Waals surface area contributed by atoms with Gasteiger partial charge in [-0.3, -0.25) is 0 Å². The Morgan fingerprint density at radius 3 is 2.22 bits per heavy atom. The highest BCUT2D eigenvalue weighted by Gasteiger charge is 2.30. The quantitative estimate of drug-likeness (QED) is 0.400. The number of alkyl halides is 3. The first-order chi connectivity index (χ1) is 13.0. The summed E-state index contributed by atoms with van der Waals surface area (Å²) in [5.74, 6) is 5.56. The Hall–Kier alpha value is -2.48. The normalized spacial score (nSPS) is 11.0. The second-order valence-corrected chi connectivity index (χ2v) is 6.39. The number of nitrogens with zero attached hydrogens (tertiary/aromatic N) is 1. The molecular weight excluding hydrogens is 351 g/mol. The van der Waals surface area contributed by atoms with Crippen LogP contribution in [0.4, 0.5) is 13.2 Å². The van der Waals surface area contributed by atoms with Gasteiger partial charge in [0.25, 0.3) is 0 Å². The summed E-state index contributed by atoms with van der Waals surface area (Å²) in [5.41, 5.74) is 2.43. The van der Waals surface area contributed by atoms with E-state index in [0.29, 0.717) is 11.3 Å². The van der Waals surface area contributed by atoms with E-state index < -0.39 is 6.36 Å². The van der Waals surface area contributed by atoms with Crippen molar-refractivity contribution in [2.45, 2.75) is 58.2 Å². The van der Waals surface area contributed by atoms with E-state index in [1.807, 2.05) is 18.3 Å². The molecule has 0 saturated heterocycles. The van der Waals surface area contributed by atoms with Crippen LogP contribution in [0.2, 0.25) is 0 Å². The first-order valence-corrected chi connectivity index (χ1v) is 9.29. The lowest BCUT2D eigenvalue weighted by Gasteiger charge is -2.07. The number of hydrogen-bond donors (Lipinski definition) is 0. The highest BCUT2D eigenvalue weighted by molar-refractivity contribution is 5.42. The second-order valence-electron chi connectivity index (χ2n) is 6.39. The van der Waals surface area contributed by atoms with E-state index in [2.05, 4.69) is 28.5 Å². The van der Waals surface area contributed by atoms with Gasteiger partial charge in [0.2, 0.25) is 0 Å². The molecule has 0 unspecified atom stereocenters. The summed E-state index contributed by atoms with van der Waals surface area (Å²) in [5, 5.41) is 0. The van der Waals surface area contributed by atoms with Crippen LogP contribution in [0.3, 0.4) is 0 Å². The number of aryl methyl sites for hydroxylation is 1. The summed E-state index contributed by atoms with van der Waals surface area (Å²) >= 11 is 0. The van der Waals surface area contributed by atoms with Crippen LogP contribution in [-0.2, 0) is 6.42 Å². The van der Waals surface area contributed by atoms with E-state index in [4.69, 9.17) is 0 Å². The maximum absolute atomic E-state index is 12.1. The summed E-state index contributed by atoms with van der Waals surface area (Å²) in [6.45, 7) is 2.22. The summed E-state index contributed by atoms with van der Waals surface area (Å²) in [6.07, 6.45) is 5.77. The number of benzene rings is 1. The Kier molecular flexibility index (Phi) is 8.19. The van der Waals surface area contributed by atoms with Crippen LogP contribution < -0.4 is 4.74 Å². The van der Waals surface area contributed by atoms with Crippen LogP contribution in [0.5, 0.6) is 5.75 Å². The Labute approximate surface area is 158 Å². The summed E-state index contributed by atoms with van der Waals surface area (Å²) < 4.78 is 40.2. The Morgan fingerprint density at radius 1 is 0.889 bits per heavy atom. The molecule has 0 radical (unpaired) electrons. The zero-order chi connectivity index (χ0) is 19.5. The third kappa shape index (κ3) is 8.63. The van der Waals surface area contributed by atoms with Crippen molar-refractivity contribution in [3.63, 3.8) is 0 Å². The molecule has 0 aliphatic heterocycles. The van der Waals surface area contributed by atoms with Gasteiger partial charge in [0.1, 0.15) is 11.4 Å². The van der Waals surface area contributed by atoms with Crippen LogP contribution in [0.25, 0.3) is 0 Å². The van der Waals surface area contributed by atoms with E-state index in [0.717, 1.165) is 6.42 Å². The van der Waals surface area contributed by atoms with Crippen molar-refractivity contribution in [3.05, 3.63) is 59.4 Å². The van der Waals surface area contributed by atoms with Gasteiger partial charge >= 0.3 is 6.36 Å². The fraction of sp³-hybridized carbons (Fsp3) is 0.409. The van der Waals surface area contributed by atoms with Crippen molar-refractivity contribution in [1.82, 2.24) is 4.98 Å². The topological polar surface area (TPSA) is 22.1 Å². The smallest absolute Gasteiger partial charge is 0.406 e. The lowest BCUT2D eigenvalue weighted by Crippen LogP contribution is -2.16. The second kappa shape index (κ2) is 10.6. The maximum atomic E-state index is 12.1. The van der Waals surface area contributed by atoms with Crippen molar-refractivity contribution < 1.29 is 17.9 Å². The van der Waals surface area contributed by atoms with Gasteiger partial charge in [-0.05, 0) is 54.7 Å². The minimum absolute atomic E-state index is 0.259. The van der Waals surface area contributed by atoms with Gasteiger partial charge in [-0.2, -0.15) is 0 Å². The standard InChI is InChI=1S/C22H24F3NO/c1-2-3-4-5-6-7-8-19-10-14-20(26-17-19)13-9-18-11-15-21(16-12-18)27-22(23,24)25/h10-12,14-17H,2-8H2,1H3. The lowest BCUT2D eigenvalue weighted by atomic mass is 10.1. The fourth-order valence-electron chi connectivity index (χ4n) is 2.63. The molecule has 0 N–H and O–H groups in total. The van der Waals surface area contributed by atoms with Gasteiger partial charge in [0.15, 0.2) is 0 Å². The van der Waals surface area contributed by atoms with E-state index in [9.17, 15) is 13.2 Å². The molecule has 0 atom stereocenters. The fourth-order valence-corrected chi connectivity index (χ4v) is 2.63. The molecular formula is C22H24F3NO. The predicted molar refractivity (Wildman–Crippen MR) is 100 cm³/mol. The molecule has 0 spiro atoms. The Morgan fingerprint density at radius 2 is 1.59 bits per heavy atom. The molecule has 2 rings (SSSR count). The molecule has 2 aromatic rings. The molecule has 0 bridgehead atoms. The van der Waals surface area contributed by atoms with Crippen LogP contribution >= 0.6 is 0 Å². The third-order valence-electron chi connectivity index (χ3n) is 4.07. The summed E-state index contributed by atoms with van der Waals surface area (Å²) in [7, 11) is 0. The van der Waals surface area contributed by atoms with Gasteiger partial charge in [0, 0.05) is 11.8 Å². The van der Waals surface area contributed by atoms with E-state index in [1.54, 1.807) is 0 Å². The van der Waals surface area contributed by atoms with Crippen molar-refractivity contribution in [2.75, 3.05) is 0 Å². The molecule has 0 aliphatic rings. The lowest BCUT2D eigenvalue weighted by molar-refractivity contribution is -0.274. The van der Waals surface area contributed by atoms with E-state index >= 15 is 0 Å². The van der Waals surface area contributed by atoms with Gasteiger partial charge in [-0.1, -0.05) is 51.0 Å². The molecule has 0 fully saturated rings. The maximum Gasteiger partial charge on any atom is 0.573 e. The molecule has 0 saturated carbocycles. The van der Waals surface area contributed by atoms with Gasteiger partial charge in [-0.15, -0.1) is 13.2 Å². The zero-order valence-corrected chi connectivity index (χ0v) is 15.5. The van der Waals surface area contributed by atoms with Crippen molar-refractivity contribution in [1.29, 1.82) is 0 Å². The van der Waals surface area contributed by atoms with Crippen LogP contribution in [0.1, 0.15) is 62.3 Å². The molecule has 27 heavy (non-hydrogen) atoms. The molecule has 0 aliphatic carbocycles. The Bertz CT molecular complexity index is 740. The van der Waals surface area contributed by atoms with Gasteiger partial charge in [-0.25, -0.2) is 4.98 Å². The van der Waals surface area contributed by atoms with Crippen LogP contribution in [0.15, 0.2) is 42.6 Å². The number of hydrogen-bond acceptors (Lipinski definition) is 2. The van der Waals surface area contributed by atoms with E-state index in [-0.39, 0.29) is 5.75 Å². The number of halogens is 3. The number of ether oxygens (including phenoxy) is 1. The average Bonchev–Trinajstić information content (AvgIpc) is 2.64. The first kappa shape index (κ1) is 20.8. The summed E-state index contributed by atoms with van der Waals surface area (Å²) in [4.78, 5) is 4.34. The SMILES string of the molecule is CCCCCCCCc1ccc(C#Cc2ccc(OC(F)(F)F)cc2)nc1. The summed E-state index contributed by atoms with van der Waals surface area (Å²) in [6, 6.07) is 9.37. The minimum atomic E-state index is -4.69. The van der Waals surface area contributed by atoms with Crippen molar-refractivity contribution in [3.8, 4) is 17.6 Å². The largest absolute Gasteiger partial charge is 0.573 e. The van der Waals surface area contributed by atoms with Crippen LogP contribution in [-0.4, -0.2) is 11.3 Å². The number of pyridine rings is 1. The van der Waals surface area contributed by atoms with Gasteiger partial charge < -0.3 is 4.74 Å². The molecule has 1 heterocycles. The average molecular weight is 375 g/mol. The predicted octanol–water partition coefficient (Wildman–Crippen LogP) is 6.28. The molecule has 0 amide bonds. The van der Waals surface area contributed by atoms with E-state index in [1.165, 1.54) is 68.4 Å². The molecule has 1 aromatic heterocycles. The molecule has 144 valence electrons. The minimum Gasteiger partial charge on any atom is -0.406 e. The molecule has 1 aromatic carbocycles. The Balaban J connectivity index is 1.82. The molecule has 5 heteroatoms. The van der Waals surface area contributed by atoms with Crippen molar-refractivity contribution in [2.24, 2.45) is 0 Å². The highest BCUT2D eigenvalue weighted by atomic mass is 19.4. The third-order valence-corrected chi connectivity index (χ3v) is 4.07. The monoisotopic (exact) mass is 375 g/mol. The molecule has 2 nitrogen and oxygen atoms in total. The number of unbranched alkanes of at least 4 members (excludes halogenated alkanes) is 5. The van der Waals surface area contributed by atoms with Gasteiger partial charge in [0.05, 0.1) is 0 Å². The zero-order valence-electron chi connectivity index (χ0n) is 15.5. The van der Waals surface area contributed by atoms with Crippen molar-refractivity contribution >= 4 is 0 Å². The number of rotatable bonds is 8.